The number of aromatic nitrogens is 2. The van der Waals surface area contributed by atoms with Crippen LogP contribution in [0.25, 0.3) is 0 Å². The maximum Gasteiger partial charge on any atom is 0.360 e. The molecule has 0 bridgehead atoms. The maximum absolute atomic E-state index is 14.0. The van der Waals surface area contributed by atoms with Crippen molar-refractivity contribution in [1.29, 1.82) is 0 Å². The van der Waals surface area contributed by atoms with Crippen molar-refractivity contribution in [2.24, 2.45) is 0 Å². The molecular weight excluding hydrogens is 295 g/mol. The van der Waals surface area contributed by atoms with Crippen LogP contribution in [0.3, 0.4) is 0 Å². The van der Waals surface area contributed by atoms with Gasteiger partial charge < -0.3 is 9.30 Å². The summed E-state index contributed by atoms with van der Waals surface area (Å²) in [5.41, 5.74) is 3.34. The fraction of sp³-hybridized carbons (Fsp3) is 0.278. The first kappa shape index (κ1) is 16.7. The molecule has 0 spiro atoms. The molecule has 0 saturated carbocycles. The molecule has 1 heterocycles. The van der Waals surface area contributed by atoms with Crippen LogP contribution in [0, 0.1) is 5.95 Å². The largest absolute Gasteiger partial charge is 0.453 e. The molecule has 120 valence electrons. The van der Waals surface area contributed by atoms with Crippen LogP contribution < -0.4 is 0 Å². The number of esters is 1. The van der Waals surface area contributed by atoms with Gasteiger partial charge in [-0.3, -0.25) is 0 Å². The molecule has 0 aliphatic carbocycles. The fourth-order valence-corrected chi connectivity index (χ4v) is 2.27. The molecular formula is C18H19FN2O2. The number of hydrogen-bond acceptors (Lipinski definition) is 3. The lowest BCUT2D eigenvalue weighted by Gasteiger charge is -2.17. The molecule has 5 heteroatoms. The van der Waals surface area contributed by atoms with Crippen LogP contribution in [0.1, 0.15) is 42.4 Å². The summed E-state index contributed by atoms with van der Waals surface area (Å²) in [6.07, 6.45) is 2.92. The molecule has 1 unspecified atom stereocenters. The van der Waals surface area contributed by atoms with E-state index in [-0.39, 0.29) is 11.7 Å². The summed E-state index contributed by atoms with van der Waals surface area (Å²) in [6, 6.07) is 9.25. The van der Waals surface area contributed by atoms with Crippen molar-refractivity contribution < 1.29 is 13.9 Å². The lowest BCUT2D eigenvalue weighted by Crippen LogP contribution is -2.21. The Morgan fingerprint density at radius 2 is 2.17 bits per heavy atom. The molecule has 23 heavy (non-hydrogen) atoms. The number of halogens is 1. The summed E-state index contributed by atoms with van der Waals surface area (Å²) < 4.78 is 20.8. The van der Waals surface area contributed by atoms with Crippen molar-refractivity contribution in [1.82, 2.24) is 9.55 Å². The first-order valence-electron chi connectivity index (χ1n) is 7.42. The molecule has 1 aromatic heterocycles. The molecule has 1 aromatic carbocycles. The third kappa shape index (κ3) is 3.76. The van der Waals surface area contributed by atoms with Crippen molar-refractivity contribution in [3.8, 4) is 0 Å². The van der Waals surface area contributed by atoms with Gasteiger partial charge in [0.25, 0.3) is 0 Å². The maximum atomic E-state index is 14.0. The second-order valence-corrected chi connectivity index (χ2v) is 5.10. The Balaban J connectivity index is 2.31. The summed E-state index contributed by atoms with van der Waals surface area (Å²) >= 11 is 0. The van der Waals surface area contributed by atoms with Gasteiger partial charge in [0.15, 0.2) is 5.69 Å². The van der Waals surface area contributed by atoms with Gasteiger partial charge in [0, 0.05) is 0 Å². The van der Waals surface area contributed by atoms with Gasteiger partial charge in [-0.15, -0.1) is 5.73 Å². The van der Waals surface area contributed by atoms with Crippen molar-refractivity contribution >= 4 is 5.97 Å². The first-order valence-corrected chi connectivity index (χ1v) is 7.42. The standard InChI is InChI=1S/C18H19FN2O2/c1-4-9-15(5-2)23-18(22)16-17(19)20-12-21(16)13(3)14-10-7-6-8-11-14/h6-13,15H,1,5H2,2-3H3/t13-,15?/m1/s1. The molecule has 0 aliphatic rings. The lowest BCUT2D eigenvalue weighted by atomic mass is 10.1. The zero-order valence-electron chi connectivity index (χ0n) is 13.2. The minimum Gasteiger partial charge on any atom is -0.453 e. The van der Waals surface area contributed by atoms with Crippen LogP contribution in [-0.2, 0) is 4.74 Å². The highest BCUT2D eigenvalue weighted by molar-refractivity contribution is 5.88. The van der Waals surface area contributed by atoms with Crippen LogP contribution in [0.5, 0.6) is 0 Å². The Morgan fingerprint density at radius 3 is 2.78 bits per heavy atom. The molecule has 2 aromatic rings. The van der Waals surface area contributed by atoms with Crippen molar-refractivity contribution in [3.05, 3.63) is 72.3 Å². The summed E-state index contributed by atoms with van der Waals surface area (Å²) in [5, 5.41) is 0. The van der Waals surface area contributed by atoms with E-state index in [0.29, 0.717) is 6.42 Å². The molecule has 0 aliphatic heterocycles. The van der Waals surface area contributed by atoms with Crippen LogP contribution in [-0.4, -0.2) is 21.6 Å². The molecule has 2 atom stereocenters. The Labute approximate surface area is 134 Å². The van der Waals surface area contributed by atoms with Gasteiger partial charge in [-0.2, -0.15) is 4.39 Å². The number of imidazole rings is 1. The SMILES string of the molecule is C=C=CC(CC)OC(=O)c1c(F)ncn1[C@H](C)c1ccccc1. The van der Waals surface area contributed by atoms with Crippen molar-refractivity contribution in [3.63, 3.8) is 0 Å². The third-order valence-corrected chi connectivity index (χ3v) is 3.61. The molecule has 0 radical (unpaired) electrons. The van der Waals surface area contributed by atoms with Gasteiger partial charge in [0.2, 0.25) is 5.95 Å². The highest BCUT2D eigenvalue weighted by Gasteiger charge is 2.25. The van der Waals surface area contributed by atoms with E-state index >= 15 is 0 Å². The van der Waals surface area contributed by atoms with E-state index in [1.807, 2.05) is 44.2 Å². The third-order valence-electron chi connectivity index (χ3n) is 3.61. The number of hydrogen-bond donors (Lipinski definition) is 0. The highest BCUT2D eigenvalue weighted by Crippen LogP contribution is 2.22. The van der Waals surface area contributed by atoms with Crippen LogP contribution in [0.4, 0.5) is 4.39 Å². The van der Waals surface area contributed by atoms with Crippen LogP contribution in [0.15, 0.2) is 55.0 Å². The number of ether oxygens (including phenoxy) is 1. The average molecular weight is 314 g/mol. The second-order valence-electron chi connectivity index (χ2n) is 5.10. The summed E-state index contributed by atoms with van der Waals surface area (Å²) in [6.45, 7) is 7.18. The summed E-state index contributed by atoms with van der Waals surface area (Å²) in [4.78, 5) is 16.0. The molecule has 0 saturated heterocycles. The zero-order valence-corrected chi connectivity index (χ0v) is 13.2. The van der Waals surface area contributed by atoms with E-state index in [1.54, 1.807) is 0 Å². The fourth-order valence-electron chi connectivity index (χ4n) is 2.27. The Morgan fingerprint density at radius 1 is 1.48 bits per heavy atom. The minimum absolute atomic E-state index is 0.183. The molecule has 0 amide bonds. The summed E-state index contributed by atoms with van der Waals surface area (Å²) in [5.74, 6) is -1.59. The minimum atomic E-state index is -0.838. The smallest absolute Gasteiger partial charge is 0.360 e. The summed E-state index contributed by atoms with van der Waals surface area (Å²) in [7, 11) is 0. The number of rotatable bonds is 6. The molecule has 0 fully saturated rings. The second kappa shape index (κ2) is 7.56. The average Bonchev–Trinajstić information content (AvgIpc) is 2.96. The predicted molar refractivity (Wildman–Crippen MR) is 85.6 cm³/mol. The zero-order chi connectivity index (χ0) is 16.8. The van der Waals surface area contributed by atoms with Gasteiger partial charge in [0.05, 0.1) is 12.4 Å². The predicted octanol–water partition coefficient (Wildman–Crippen LogP) is 3.91. The Bertz CT molecular complexity index is 718. The van der Waals surface area contributed by atoms with Crippen LogP contribution >= 0.6 is 0 Å². The van der Waals surface area contributed by atoms with E-state index in [2.05, 4.69) is 17.3 Å². The van der Waals surface area contributed by atoms with E-state index in [1.165, 1.54) is 17.0 Å². The Hall–Kier alpha value is -2.65. The van der Waals surface area contributed by atoms with E-state index in [9.17, 15) is 9.18 Å². The van der Waals surface area contributed by atoms with Crippen molar-refractivity contribution in [2.75, 3.05) is 0 Å². The lowest BCUT2D eigenvalue weighted by molar-refractivity contribution is 0.0369. The number of benzene rings is 1. The molecule has 4 nitrogen and oxygen atoms in total. The van der Waals surface area contributed by atoms with Gasteiger partial charge in [-0.05, 0) is 25.0 Å². The van der Waals surface area contributed by atoms with Gasteiger partial charge in [0.1, 0.15) is 6.10 Å². The normalized spacial score (nSPS) is 13.0. The first-order chi connectivity index (χ1) is 11.1. The van der Waals surface area contributed by atoms with Gasteiger partial charge >= 0.3 is 5.97 Å². The topological polar surface area (TPSA) is 44.1 Å². The van der Waals surface area contributed by atoms with Crippen molar-refractivity contribution in [2.45, 2.75) is 32.4 Å². The van der Waals surface area contributed by atoms with E-state index in [0.717, 1.165) is 5.56 Å². The van der Waals surface area contributed by atoms with Gasteiger partial charge in [-0.25, -0.2) is 9.78 Å². The number of carbonyl (C=O) groups is 1. The number of nitrogens with zero attached hydrogens (tertiary/aromatic N) is 2. The van der Waals surface area contributed by atoms with Gasteiger partial charge in [-0.1, -0.05) is 43.8 Å². The molecule has 2 rings (SSSR count). The number of carbonyl (C=O) groups excluding carboxylic acids is 1. The monoisotopic (exact) mass is 314 g/mol. The Kier molecular flexibility index (Phi) is 5.50. The highest BCUT2D eigenvalue weighted by atomic mass is 19.1. The van der Waals surface area contributed by atoms with Crippen LogP contribution in [0.2, 0.25) is 0 Å². The van der Waals surface area contributed by atoms with E-state index < -0.39 is 18.0 Å². The molecule has 0 N–H and O–H groups in total. The van der Waals surface area contributed by atoms with E-state index in [4.69, 9.17) is 4.74 Å². The quantitative estimate of drug-likeness (QED) is 0.600.